The van der Waals surface area contributed by atoms with Crippen LogP contribution in [0.15, 0.2) is 29.3 Å². The van der Waals surface area contributed by atoms with Crippen LogP contribution in [0.2, 0.25) is 0 Å². The second-order valence-electron chi connectivity index (χ2n) is 2.96. The number of carbonyl (C=O) groups excluding carboxylic acids is 1. The van der Waals surface area contributed by atoms with Crippen molar-refractivity contribution in [2.75, 3.05) is 0 Å². The number of nitrogens with two attached hydrogens (primary N) is 1. The number of benzene rings is 1. The fraction of sp³-hybridized carbons (Fsp3) is 0.100. The summed E-state index contributed by atoms with van der Waals surface area (Å²) in [5.74, 6) is 0.232. The first-order valence-corrected chi connectivity index (χ1v) is 4.68. The van der Waals surface area contributed by atoms with E-state index >= 15 is 0 Å². The van der Waals surface area contributed by atoms with E-state index in [1.807, 2.05) is 24.3 Å². The van der Waals surface area contributed by atoms with Gasteiger partial charge in [-0.15, -0.1) is 0 Å². The molecule has 2 rings (SSSR count). The molecule has 1 aliphatic rings. The number of halogens is 1. The minimum absolute atomic E-state index is 0.262. The van der Waals surface area contributed by atoms with E-state index in [-0.39, 0.29) is 5.84 Å². The van der Waals surface area contributed by atoms with Crippen molar-refractivity contribution in [1.29, 1.82) is 5.41 Å². The predicted molar refractivity (Wildman–Crippen MR) is 61.6 cm³/mol. The van der Waals surface area contributed by atoms with Crippen LogP contribution in [0.1, 0.15) is 18.1 Å². The van der Waals surface area contributed by atoms with Crippen molar-refractivity contribution in [2.45, 2.75) is 6.92 Å². The first kappa shape index (κ1) is 12.2. The molecule has 1 aromatic carbocycles. The number of rotatable bonds is 0. The number of hydrogen-bond acceptors (Lipinski definition) is 4. The highest BCUT2D eigenvalue weighted by Crippen LogP contribution is 2.15. The lowest BCUT2D eigenvalue weighted by molar-refractivity contribution is -0.131. The van der Waals surface area contributed by atoms with E-state index in [1.54, 1.807) is 0 Å². The quantitative estimate of drug-likeness (QED) is 0.718. The molecule has 0 saturated carbocycles. The number of nitrogens with zero attached hydrogens (tertiary/aromatic N) is 1. The lowest BCUT2D eigenvalue weighted by Gasteiger charge is -1.94. The Morgan fingerprint density at radius 2 is 1.94 bits per heavy atom. The van der Waals surface area contributed by atoms with Crippen LogP contribution in [0.3, 0.4) is 0 Å². The van der Waals surface area contributed by atoms with Gasteiger partial charge in [0.2, 0.25) is 0 Å². The highest BCUT2D eigenvalue weighted by Gasteiger charge is 2.16. The smallest absolute Gasteiger partial charge is 0.321 e. The van der Waals surface area contributed by atoms with E-state index in [2.05, 4.69) is 21.1 Å². The molecule has 0 radical (unpaired) electrons. The lowest BCUT2D eigenvalue weighted by atomic mass is 10.1. The molecule has 3 N–H and O–H groups in total. The standard InChI is InChI=1S/C8H7N3.C2H3ClO2/c9-7-5-3-1-2-4-6(5)8(10)11-7;1-2(4)5-3/h1-4H,(H3,9,10,11);1H3. The summed E-state index contributed by atoms with van der Waals surface area (Å²) < 4.78 is 3.58. The Kier molecular flexibility index (Phi) is 4.02. The average molecular weight is 240 g/mol. The topological polar surface area (TPSA) is 88.5 Å². The van der Waals surface area contributed by atoms with Crippen LogP contribution in [0.5, 0.6) is 0 Å². The Bertz CT molecular complexity index is 457. The number of fused-ring (bicyclic) bond motifs is 1. The fourth-order valence-corrected chi connectivity index (χ4v) is 1.15. The monoisotopic (exact) mass is 239 g/mol. The van der Waals surface area contributed by atoms with Gasteiger partial charge in [-0.05, 0) is 0 Å². The zero-order valence-corrected chi connectivity index (χ0v) is 9.28. The van der Waals surface area contributed by atoms with Crippen LogP contribution < -0.4 is 5.73 Å². The molecule has 0 atom stereocenters. The molecule has 0 unspecified atom stereocenters. The van der Waals surface area contributed by atoms with E-state index in [1.165, 1.54) is 6.92 Å². The molecular formula is C10H10ClN3O2. The molecule has 0 bridgehead atoms. The molecule has 0 aliphatic carbocycles. The highest BCUT2D eigenvalue weighted by atomic mass is 35.5. The molecule has 6 heteroatoms. The van der Waals surface area contributed by atoms with E-state index in [4.69, 9.17) is 11.1 Å². The Morgan fingerprint density at radius 1 is 1.44 bits per heavy atom. The summed E-state index contributed by atoms with van der Waals surface area (Å²) in [4.78, 5) is 13.3. The summed E-state index contributed by atoms with van der Waals surface area (Å²) in [6.07, 6.45) is 0. The average Bonchev–Trinajstić information content (AvgIpc) is 2.56. The fourth-order valence-electron chi connectivity index (χ4n) is 1.15. The number of hydrogen-bond donors (Lipinski definition) is 2. The van der Waals surface area contributed by atoms with Gasteiger partial charge in [0.15, 0.2) is 5.84 Å². The number of aliphatic imine (C=N–C) groups is 1. The van der Waals surface area contributed by atoms with E-state index in [9.17, 15) is 4.79 Å². The molecule has 1 heterocycles. The SMILES string of the molecule is CC(=O)OCl.N=C1N=C(N)c2ccccc21. The summed E-state index contributed by atoms with van der Waals surface area (Å²) in [6, 6.07) is 7.48. The minimum atomic E-state index is -0.480. The Balaban J connectivity index is 0.000000221. The maximum absolute atomic E-state index is 9.46. The van der Waals surface area contributed by atoms with Crippen LogP contribution in [0.25, 0.3) is 0 Å². The molecule has 0 amide bonds. The second kappa shape index (κ2) is 5.27. The van der Waals surface area contributed by atoms with Gasteiger partial charge >= 0.3 is 5.97 Å². The van der Waals surface area contributed by atoms with Crippen LogP contribution >= 0.6 is 11.9 Å². The first-order valence-electron chi connectivity index (χ1n) is 4.38. The van der Waals surface area contributed by atoms with Crippen molar-refractivity contribution in [3.05, 3.63) is 35.4 Å². The molecule has 0 saturated heterocycles. The van der Waals surface area contributed by atoms with Gasteiger partial charge in [0.25, 0.3) is 0 Å². The van der Waals surface area contributed by atoms with Gasteiger partial charge in [0, 0.05) is 18.1 Å². The molecule has 84 valence electrons. The van der Waals surface area contributed by atoms with Gasteiger partial charge in [0.1, 0.15) is 17.7 Å². The maximum atomic E-state index is 9.46. The largest absolute Gasteiger partial charge is 0.383 e. The van der Waals surface area contributed by atoms with Gasteiger partial charge in [-0.2, -0.15) is 0 Å². The molecule has 5 nitrogen and oxygen atoms in total. The second-order valence-corrected chi connectivity index (χ2v) is 3.11. The molecule has 1 aliphatic heterocycles. The van der Waals surface area contributed by atoms with Crippen LogP contribution in [0, 0.1) is 5.41 Å². The van der Waals surface area contributed by atoms with Crippen LogP contribution in [-0.4, -0.2) is 17.6 Å². The highest BCUT2D eigenvalue weighted by molar-refractivity contribution is 6.20. The molecule has 0 fully saturated rings. The zero-order chi connectivity index (χ0) is 12.1. The van der Waals surface area contributed by atoms with Crippen molar-refractivity contribution in [1.82, 2.24) is 0 Å². The van der Waals surface area contributed by atoms with Crippen molar-refractivity contribution in [2.24, 2.45) is 10.7 Å². The third-order valence-electron chi connectivity index (χ3n) is 1.80. The van der Waals surface area contributed by atoms with Crippen molar-refractivity contribution < 1.29 is 9.08 Å². The Morgan fingerprint density at radius 3 is 2.38 bits per heavy atom. The molecule has 1 aromatic rings. The van der Waals surface area contributed by atoms with Gasteiger partial charge in [-0.3, -0.25) is 10.2 Å². The minimum Gasteiger partial charge on any atom is -0.383 e. The summed E-state index contributed by atoms with van der Waals surface area (Å²) >= 11 is 4.49. The first-order chi connectivity index (χ1) is 7.56. The van der Waals surface area contributed by atoms with Gasteiger partial charge in [-0.25, -0.2) is 4.99 Å². The Hall–Kier alpha value is -1.88. The molecule has 0 spiro atoms. The van der Waals surface area contributed by atoms with Crippen LogP contribution in [-0.2, 0) is 9.08 Å². The molecule has 16 heavy (non-hydrogen) atoms. The maximum Gasteiger partial charge on any atom is 0.321 e. The summed E-state index contributed by atoms with van der Waals surface area (Å²) in [5, 5.41) is 7.39. The third-order valence-corrected chi connectivity index (χ3v) is 2.02. The number of carbonyl (C=O) groups is 1. The van der Waals surface area contributed by atoms with Gasteiger partial charge in [0.05, 0.1) is 0 Å². The lowest BCUT2D eigenvalue weighted by Crippen LogP contribution is -2.09. The summed E-state index contributed by atoms with van der Waals surface area (Å²) in [5.41, 5.74) is 7.24. The van der Waals surface area contributed by atoms with E-state index in [0.29, 0.717) is 5.84 Å². The number of nitrogens with one attached hydrogen (secondary N) is 1. The summed E-state index contributed by atoms with van der Waals surface area (Å²) in [6.45, 7) is 1.23. The summed E-state index contributed by atoms with van der Waals surface area (Å²) in [7, 11) is 0. The van der Waals surface area contributed by atoms with Crippen LogP contribution in [0.4, 0.5) is 0 Å². The van der Waals surface area contributed by atoms with E-state index < -0.39 is 5.97 Å². The molecule has 0 aromatic heterocycles. The van der Waals surface area contributed by atoms with Gasteiger partial charge < -0.3 is 10.0 Å². The Labute approximate surface area is 97.6 Å². The zero-order valence-electron chi connectivity index (χ0n) is 8.53. The molecular weight excluding hydrogens is 230 g/mol. The van der Waals surface area contributed by atoms with Crippen molar-refractivity contribution >= 4 is 29.5 Å². The van der Waals surface area contributed by atoms with E-state index in [0.717, 1.165) is 11.1 Å². The van der Waals surface area contributed by atoms with Crippen molar-refractivity contribution in [3.63, 3.8) is 0 Å². The normalized spacial score (nSPS) is 12.1. The van der Waals surface area contributed by atoms with Gasteiger partial charge in [-0.1, -0.05) is 24.3 Å². The third kappa shape index (κ3) is 2.80. The predicted octanol–water partition coefficient (Wildman–Crippen LogP) is 1.43. The van der Waals surface area contributed by atoms with Crippen molar-refractivity contribution in [3.8, 4) is 0 Å². The number of amidine groups is 2.